The fraction of sp³-hybridized carbons (Fsp3) is 0.207. The highest BCUT2D eigenvalue weighted by Gasteiger charge is 2.28. The third kappa shape index (κ3) is 5.39. The van der Waals surface area contributed by atoms with Gasteiger partial charge < -0.3 is 14.2 Å². The van der Waals surface area contributed by atoms with Gasteiger partial charge in [0.25, 0.3) is 0 Å². The number of ether oxygens (including phenoxy) is 3. The minimum Gasteiger partial charge on any atom is -0.493 e. The Labute approximate surface area is 230 Å². The summed E-state index contributed by atoms with van der Waals surface area (Å²) >= 11 is 12.4. The van der Waals surface area contributed by atoms with Crippen LogP contribution in [-0.4, -0.2) is 36.9 Å². The van der Waals surface area contributed by atoms with E-state index >= 15 is 0 Å². The van der Waals surface area contributed by atoms with Gasteiger partial charge in [-0.2, -0.15) is 0 Å². The predicted octanol–water partition coefficient (Wildman–Crippen LogP) is 6.95. The van der Waals surface area contributed by atoms with E-state index in [2.05, 4.69) is 21.4 Å². The number of carbonyl (C=O) groups excluding carboxylic acids is 1. The van der Waals surface area contributed by atoms with Crippen molar-refractivity contribution in [1.29, 1.82) is 0 Å². The van der Waals surface area contributed by atoms with Crippen LogP contribution in [0.5, 0.6) is 11.5 Å². The summed E-state index contributed by atoms with van der Waals surface area (Å²) in [6.45, 7) is 0.181. The molecular formula is C29H25Cl2N3O4. The fourth-order valence-electron chi connectivity index (χ4n) is 4.65. The second-order valence-electron chi connectivity index (χ2n) is 8.79. The number of carbonyl (C=O) groups is 1. The summed E-state index contributed by atoms with van der Waals surface area (Å²) in [5.41, 5.74) is 5.89. The van der Waals surface area contributed by atoms with Gasteiger partial charge in [0.2, 0.25) is 5.95 Å². The summed E-state index contributed by atoms with van der Waals surface area (Å²) in [6.07, 6.45) is 2.34. The average Bonchev–Trinajstić information content (AvgIpc) is 2.94. The number of halogens is 2. The van der Waals surface area contributed by atoms with Crippen molar-refractivity contribution >= 4 is 35.2 Å². The minimum atomic E-state index is -0.622. The van der Waals surface area contributed by atoms with E-state index in [0.29, 0.717) is 34.4 Å². The number of nitrogens with one attached hydrogen (secondary N) is 1. The smallest absolute Gasteiger partial charge is 0.414 e. The molecule has 4 aromatic rings. The van der Waals surface area contributed by atoms with E-state index in [9.17, 15) is 4.79 Å². The van der Waals surface area contributed by atoms with Gasteiger partial charge in [-0.15, -0.1) is 0 Å². The maximum Gasteiger partial charge on any atom is 0.414 e. The third-order valence-electron chi connectivity index (χ3n) is 6.51. The third-order valence-corrected chi connectivity index (χ3v) is 7.25. The Hall–Kier alpha value is -3.81. The number of anilines is 1. The predicted molar refractivity (Wildman–Crippen MR) is 148 cm³/mol. The molecule has 1 atom stereocenters. The van der Waals surface area contributed by atoms with Crippen molar-refractivity contribution < 1.29 is 19.0 Å². The summed E-state index contributed by atoms with van der Waals surface area (Å²) in [6, 6.07) is 19.4. The molecule has 0 fully saturated rings. The first-order valence-corrected chi connectivity index (χ1v) is 12.8. The number of hydrogen-bond acceptors (Lipinski definition) is 6. The molecule has 1 unspecified atom stereocenters. The fourth-order valence-corrected chi connectivity index (χ4v) is 4.95. The van der Waals surface area contributed by atoms with Gasteiger partial charge in [-0.05, 0) is 52.9 Å². The van der Waals surface area contributed by atoms with Crippen molar-refractivity contribution in [2.75, 3.05) is 26.1 Å². The topological polar surface area (TPSA) is 82.6 Å². The van der Waals surface area contributed by atoms with E-state index < -0.39 is 6.09 Å². The van der Waals surface area contributed by atoms with Crippen LogP contribution in [0.4, 0.5) is 10.7 Å². The Bertz CT molecular complexity index is 1490. The van der Waals surface area contributed by atoms with Crippen LogP contribution in [0.3, 0.4) is 0 Å². The lowest BCUT2D eigenvalue weighted by Gasteiger charge is -2.27. The Morgan fingerprint density at radius 2 is 1.82 bits per heavy atom. The monoisotopic (exact) mass is 549 g/mol. The van der Waals surface area contributed by atoms with Crippen molar-refractivity contribution in [3.8, 4) is 22.8 Å². The molecule has 0 radical (unpaired) electrons. The van der Waals surface area contributed by atoms with Crippen molar-refractivity contribution in [1.82, 2.24) is 9.97 Å². The highest BCUT2D eigenvalue weighted by Crippen LogP contribution is 2.42. The number of hydrogen-bond donors (Lipinski definition) is 1. The molecule has 1 heterocycles. The molecule has 0 bridgehead atoms. The van der Waals surface area contributed by atoms with Crippen LogP contribution >= 0.6 is 23.2 Å². The lowest BCUT2D eigenvalue weighted by atomic mass is 9.78. The summed E-state index contributed by atoms with van der Waals surface area (Å²) in [7, 11) is 3.16. The molecule has 1 N–H and O–H groups in total. The first kappa shape index (κ1) is 25.8. The number of rotatable bonds is 7. The van der Waals surface area contributed by atoms with Gasteiger partial charge in [-0.1, -0.05) is 59.6 Å². The number of benzene rings is 3. The Balaban J connectivity index is 1.28. The van der Waals surface area contributed by atoms with Crippen LogP contribution in [-0.2, 0) is 17.6 Å². The van der Waals surface area contributed by atoms with Gasteiger partial charge in [0.15, 0.2) is 11.5 Å². The zero-order valence-corrected chi connectivity index (χ0v) is 22.3. The molecule has 9 heteroatoms. The molecular weight excluding hydrogens is 525 g/mol. The van der Waals surface area contributed by atoms with Crippen LogP contribution in [0, 0.1) is 0 Å². The molecule has 1 aliphatic rings. The Kier molecular flexibility index (Phi) is 7.67. The first-order valence-electron chi connectivity index (χ1n) is 12.0. The van der Waals surface area contributed by atoms with Gasteiger partial charge >= 0.3 is 6.09 Å². The van der Waals surface area contributed by atoms with Gasteiger partial charge in [0.05, 0.1) is 36.6 Å². The van der Waals surface area contributed by atoms with Crippen molar-refractivity contribution in [2.24, 2.45) is 0 Å². The summed E-state index contributed by atoms with van der Waals surface area (Å²) in [4.78, 5) is 21.5. The summed E-state index contributed by atoms with van der Waals surface area (Å²) in [5, 5.41) is 3.69. The van der Waals surface area contributed by atoms with Crippen LogP contribution in [0.1, 0.15) is 28.2 Å². The minimum absolute atomic E-state index is 0.0809. The lowest BCUT2D eigenvalue weighted by Crippen LogP contribution is -2.19. The number of amides is 1. The van der Waals surface area contributed by atoms with E-state index in [1.165, 1.54) is 0 Å². The SMILES string of the molecule is COc1ccc(CCOC(=O)Nc2ncc3c(n2)-c2ccccc2C(c2ccc(Cl)c(Cl)c2)C3)cc1OC. The quantitative estimate of drug-likeness (QED) is 0.268. The molecule has 1 aromatic heterocycles. The van der Waals surface area contributed by atoms with Crippen molar-refractivity contribution in [3.05, 3.63) is 99.2 Å². The normalized spacial score (nSPS) is 13.7. The van der Waals surface area contributed by atoms with E-state index in [1.807, 2.05) is 54.6 Å². The number of aromatic nitrogens is 2. The Morgan fingerprint density at radius 3 is 2.61 bits per heavy atom. The molecule has 0 saturated heterocycles. The lowest BCUT2D eigenvalue weighted by molar-refractivity contribution is 0.162. The highest BCUT2D eigenvalue weighted by atomic mass is 35.5. The van der Waals surface area contributed by atoms with Crippen LogP contribution in [0.2, 0.25) is 10.0 Å². The number of nitrogens with zero attached hydrogens (tertiary/aromatic N) is 2. The molecule has 7 nitrogen and oxygen atoms in total. The summed E-state index contributed by atoms with van der Waals surface area (Å²) < 4.78 is 15.9. The average molecular weight is 550 g/mol. The zero-order valence-electron chi connectivity index (χ0n) is 20.8. The largest absolute Gasteiger partial charge is 0.493 e. The Morgan fingerprint density at radius 1 is 1.00 bits per heavy atom. The van der Waals surface area contributed by atoms with Crippen LogP contribution < -0.4 is 14.8 Å². The van der Waals surface area contributed by atoms with E-state index in [-0.39, 0.29) is 18.5 Å². The maximum absolute atomic E-state index is 12.5. The molecule has 194 valence electrons. The molecule has 38 heavy (non-hydrogen) atoms. The van der Waals surface area contributed by atoms with E-state index in [0.717, 1.165) is 33.5 Å². The number of fused-ring (bicyclic) bond motifs is 3. The molecule has 0 saturated carbocycles. The van der Waals surface area contributed by atoms with Crippen LogP contribution in [0.25, 0.3) is 11.3 Å². The van der Waals surface area contributed by atoms with E-state index in [4.69, 9.17) is 37.4 Å². The summed E-state index contributed by atoms with van der Waals surface area (Å²) in [5.74, 6) is 1.53. The molecule has 1 aliphatic carbocycles. The zero-order chi connectivity index (χ0) is 26.6. The highest BCUT2D eigenvalue weighted by molar-refractivity contribution is 6.42. The first-order chi connectivity index (χ1) is 18.5. The van der Waals surface area contributed by atoms with Crippen LogP contribution in [0.15, 0.2) is 66.9 Å². The molecule has 1 amide bonds. The van der Waals surface area contributed by atoms with E-state index in [1.54, 1.807) is 20.4 Å². The molecule has 3 aromatic carbocycles. The maximum atomic E-state index is 12.5. The molecule has 5 rings (SSSR count). The van der Waals surface area contributed by atoms with Crippen molar-refractivity contribution in [2.45, 2.75) is 18.8 Å². The van der Waals surface area contributed by atoms with Gasteiger partial charge in [-0.3, -0.25) is 5.32 Å². The van der Waals surface area contributed by atoms with Gasteiger partial charge in [-0.25, -0.2) is 14.8 Å². The second-order valence-corrected chi connectivity index (χ2v) is 9.60. The van der Waals surface area contributed by atoms with Gasteiger partial charge in [0, 0.05) is 24.1 Å². The molecule has 0 aliphatic heterocycles. The molecule has 0 spiro atoms. The van der Waals surface area contributed by atoms with Crippen molar-refractivity contribution in [3.63, 3.8) is 0 Å². The number of methoxy groups -OCH3 is 2. The standard InChI is InChI=1S/C29H25Cl2N3O4/c1-36-25-10-7-17(13-26(25)37-2)11-12-38-29(35)34-28-32-16-19-14-22(18-8-9-23(30)24(31)15-18)20-5-3-4-6-21(20)27(19)33-28/h3-10,13,15-16,22H,11-12,14H2,1-2H3,(H,32,33,34,35). The van der Waals surface area contributed by atoms with Gasteiger partial charge in [0.1, 0.15) is 0 Å². The second kappa shape index (κ2) is 11.3.